The SMILES string of the molecule is N#Cc1ccc(NC(C(=O)[O-])c2cc(CO)cc(CO)c2)cc1. The predicted molar refractivity (Wildman–Crippen MR) is 80.8 cm³/mol. The van der Waals surface area contributed by atoms with Gasteiger partial charge in [-0.3, -0.25) is 0 Å². The Morgan fingerprint density at radius 3 is 2.13 bits per heavy atom. The summed E-state index contributed by atoms with van der Waals surface area (Å²) in [5, 5.41) is 41.6. The van der Waals surface area contributed by atoms with Gasteiger partial charge in [0, 0.05) is 5.69 Å². The van der Waals surface area contributed by atoms with E-state index >= 15 is 0 Å². The zero-order valence-corrected chi connectivity index (χ0v) is 12.2. The first-order valence-electron chi connectivity index (χ1n) is 6.89. The molecule has 6 heteroatoms. The highest BCUT2D eigenvalue weighted by Crippen LogP contribution is 2.22. The third-order valence-electron chi connectivity index (χ3n) is 3.33. The van der Waals surface area contributed by atoms with E-state index in [1.54, 1.807) is 30.3 Å². The number of anilines is 1. The molecule has 0 aliphatic rings. The molecule has 23 heavy (non-hydrogen) atoms. The summed E-state index contributed by atoms with van der Waals surface area (Å²) in [7, 11) is 0. The van der Waals surface area contributed by atoms with Gasteiger partial charge in [-0.1, -0.05) is 18.2 Å². The van der Waals surface area contributed by atoms with Gasteiger partial charge in [0.15, 0.2) is 0 Å². The van der Waals surface area contributed by atoms with Crippen molar-refractivity contribution >= 4 is 11.7 Å². The van der Waals surface area contributed by atoms with Crippen molar-refractivity contribution in [3.8, 4) is 6.07 Å². The molecule has 2 rings (SSSR count). The lowest BCUT2D eigenvalue weighted by Crippen LogP contribution is -2.34. The molecule has 0 fully saturated rings. The summed E-state index contributed by atoms with van der Waals surface area (Å²) in [4.78, 5) is 11.5. The Balaban J connectivity index is 2.34. The fourth-order valence-electron chi connectivity index (χ4n) is 2.23. The number of nitrogens with one attached hydrogen (secondary N) is 1. The zero-order valence-electron chi connectivity index (χ0n) is 12.2. The van der Waals surface area contributed by atoms with Crippen LogP contribution in [0.5, 0.6) is 0 Å². The second-order valence-electron chi connectivity index (χ2n) is 4.98. The summed E-state index contributed by atoms with van der Waals surface area (Å²) >= 11 is 0. The van der Waals surface area contributed by atoms with Gasteiger partial charge in [-0.2, -0.15) is 5.26 Å². The van der Waals surface area contributed by atoms with Crippen LogP contribution in [0.2, 0.25) is 0 Å². The van der Waals surface area contributed by atoms with Crippen LogP contribution in [0.15, 0.2) is 42.5 Å². The van der Waals surface area contributed by atoms with Gasteiger partial charge in [0.05, 0.1) is 36.9 Å². The average Bonchev–Trinajstić information content (AvgIpc) is 2.59. The summed E-state index contributed by atoms with van der Waals surface area (Å²) in [5.41, 5.74) is 2.34. The molecule has 0 saturated carbocycles. The Labute approximate surface area is 133 Å². The Kier molecular flexibility index (Phi) is 5.31. The van der Waals surface area contributed by atoms with E-state index in [1.165, 1.54) is 12.1 Å². The molecule has 6 nitrogen and oxygen atoms in total. The second-order valence-corrected chi connectivity index (χ2v) is 4.98. The fraction of sp³-hybridized carbons (Fsp3) is 0.176. The molecule has 0 amide bonds. The molecule has 0 radical (unpaired) electrons. The van der Waals surface area contributed by atoms with Crippen molar-refractivity contribution in [1.82, 2.24) is 0 Å². The summed E-state index contributed by atoms with van der Waals surface area (Å²) < 4.78 is 0. The number of nitrogens with zero attached hydrogens (tertiary/aromatic N) is 1. The van der Waals surface area contributed by atoms with E-state index in [4.69, 9.17) is 5.26 Å². The van der Waals surface area contributed by atoms with Crippen molar-refractivity contribution in [3.63, 3.8) is 0 Å². The molecule has 2 aromatic carbocycles. The van der Waals surface area contributed by atoms with Gasteiger partial charge >= 0.3 is 0 Å². The van der Waals surface area contributed by atoms with Crippen LogP contribution < -0.4 is 10.4 Å². The monoisotopic (exact) mass is 311 g/mol. The molecule has 0 spiro atoms. The quantitative estimate of drug-likeness (QED) is 0.713. The minimum absolute atomic E-state index is 0.266. The molecule has 1 unspecified atom stereocenters. The fourth-order valence-corrected chi connectivity index (χ4v) is 2.23. The maximum atomic E-state index is 11.5. The van der Waals surface area contributed by atoms with Crippen LogP contribution in [-0.4, -0.2) is 16.2 Å². The van der Waals surface area contributed by atoms with Crippen LogP contribution in [0.25, 0.3) is 0 Å². The lowest BCUT2D eigenvalue weighted by molar-refractivity contribution is -0.307. The summed E-state index contributed by atoms with van der Waals surface area (Å²) in [6.07, 6.45) is 0. The van der Waals surface area contributed by atoms with Crippen LogP contribution in [0.4, 0.5) is 5.69 Å². The number of aliphatic carboxylic acids is 1. The molecule has 0 bridgehead atoms. The topological polar surface area (TPSA) is 116 Å². The van der Waals surface area contributed by atoms with Crippen molar-refractivity contribution in [3.05, 3.63) is 64.7 Å². The number of hydrogen-bond acceptors (Lipinski definition) is 6. The number of benzene rings is 2. The Morgan fingerprint density at radius 1 is 1.13 bits per heavy atom. The largest absolute Gasteiger partial charge is 0.548 e. The number of carbonyl (C=O) groups is 1. The summed E-state index contributed by atoms with van der Waals surface area (Å²) in [6, 6.07) is 11.8. The maximum Gasteiger partial charge on any atom is 0.0991 e. The number of aliphatic hydroxyl groups excluding tert-OH is 2. The van der Waals surface area contributed by atoms with Crippen molar-refractivity contribution in [2.45, 2.75) is 19.3 Å². The Morgan fingerprint density at radius 2 is 1.70 bits per heavy atom. The molecule has 1 atom stereocenters. The van der Waals surface area contributed by atoms with E-state index < -0.39 is 12.0 Å². The maximum absolute atomic E-state index is 11.5. The van der Waals surface area contributed by atoms with E-state index in [-0.39, 0.29) is 13.2 Å². The normalized spacial score (nSPS) is 11.5. The Bertz CT molecular complexity index is 713. The first kappa shape index (κ1) is 16.5. The second kappa shape index (κ2) is 7.40. The molecule has 0 aliphatic carbocycles. The minimum atomic E-state index is -1.34. The average molecular weight is 311 g/mol. The number of carbonyl (C=O) groups excluding carboxylic acids is 1. The molecule has 0 aliphatic heterocycles. The van der Waals surface area contributed by atoms with Gasteiger partial charge in [0.1, 0.15) is 0 Å². The molecule has 0 aromatic heterocycles. The zero-order chi connectivity index (χ0) is 16.8. The van der Waals surface area contributed by atoms with E-state index in [0.29, 0.717) is 27.9 Å². The lowest BCUT2D eigenvalue weighted by Gasteiger charge is -2.22. The van der Waals surface area contributed by atoms with Gasteiger partial charge in [0.2, 0.25) is 0 Å². The van der Waals surface area contributed by atoms with Gasteiger partial charge < -0.3 is 25.4 Å². The molecule has 118 valence electrons. The standard InChI is InChI=1S/C17H16N2O4/c18-8-11-1-3-15(4-2-11)19-16(17(22)23)14-6-12(9-20)5-13(7-14)10-21/h1-7,16,19-21H,9-10H2,(H,22,23)/p-1. The molecule has 0 heterocycles. The van der Waals surface area contributed by atoms with E-state index in [9.17, 15) is 20.1 Å². The van der Waals surface area contributed by atoms with Crippen LogP contribution >= 0.6 is 0 Å². The van der Waals surface area contributed by atoms with Crippen LogP contribution in [0.1, 0.15) is 28.3 Å². The van der Waals surface area contributed by atoms with Crippen molar-refractivity contribution in [1.29, 1.82) is 5.26 Å². The number of rotatable bonds is 6. The first-order chi connectivity index (χ1) is 11.1. The summed E-state index contributed by atoms with van der Waals surface area (Å²) in [6.45, 7) is -0.533. The van der Waals surface area contributed by atoms with Crippen molar-refractivity contribution < 1.29 is 20.1 Å². The third kappa shape index (κ3) is 4.07. The molecular weight excluding hydrogens is 296 g/mol. The van der Waals surface area contributed by atoms with E-state index in [0.717, 1.165) is 0 Å². The highest BCUT2D eigenvalue weighted by Gasteiger charge is 2.14. The van der Waals surface area contributed by atoms with Gasteiger partial charge in [-0.25, -0.2) is 0 Å². The van der Waals surface area contributed by atoms with Gasteiger partial charge in [-0.05, 0) is 41.0 Å². The van der Waals surface area contributed by atoms with Crippen LogP contribution in [0.3, 0.4) is 0 Å². The van der Waals surface area contributed by atoms with Crippen LogP contribution in [-0.2, 0) is 18.0 Å². The number of carboxylic acid groups (broad SMARTS) is 1. The number of carboxylic acids is 1. The highest BCUT2D eigenvalue weighted by atomic mass is 16.4. The Hall–Kier alpha value is -2.88. The van der Waals surface area contributed by atoms with Crippen molar-refractivity contribution in [2.75, 3.05) is 5.32 Å². The summed E-state index contributed by atoms with van der Waals surface area (Å²) in [5.74, 6) is -1.34. The first-order valence-corrected chi connectivity index (χ1v) is 6.89. The molecule has 0 saturated heterocycles. The van der Waals surface area contributed by atoms with E-state index in [2.05, 4.69) is 5.32 Å². The van der Waals surface area contributed by atoms with Gasteiger partial charge in [-0.15, -0.1) is 0 Å². The number of nitriles is 1. The number of hydrogen-bond donors (Lipinski definition) is 3. The van der Waals surface area contributed by atoms with Gasteiger partial charge in [0.25, 0.3) is 0 Å². The minimum Gasteiger partial charge on any atom is -0.548 e. The predicted octanol–water partition coefficient (Wildman–Crippen LogP) is 0.446. The smallest absolute Gasteiger partial charge is 0.0991 e. The highest BCUT2D eigenvalue weighted by molar-refractivity contribution is 5.77. The van der Waals surface area contributed by atoms with Crippen molar-refractivity contribution in [2.24, 2.45) is 0 Å². The molecular formula is C17H15N2O4-. The molecule has 2 aromatic rings. The number of aliphatic hydroxyl groups is 2. The van der Waals surface area contributed by atoms with E-state index in [1.807, 2.05) is 6.07 Å². The third-order valence-corrected chi connectivity index (χ3v) is 3.33. The van der Waals surface area contributed by atoms with Crippen LogP contribution in [0, 0.1) is 11.3 Å². The molecule has 3 N–H and O–H groups in total. The lowest BCUT2D eigenvalue weighted by atomic mass is 10.00.